The van der Waals surface area contributed by atoms with E-state index < -0.39 is 33.2 Å². The van der Waals surface area contributed by atoms with E-state index in [4.69, 9.17) is 0 Å². The standard InChI is InChI=1S/C15H19F3N2O3S/c1-2-19-13(21)14(9-3-4-10-14)20-24(22,23)12-7-5-11(6-8-12)15(16,17)18/h5-8,20H,2-4,9-10H2,1H3,(H,19,21). The number of hydrogen-bond donors (Lipinski definition) is 2. The Kier molecular flexibility index (Phi) is 5.24. The number of rotatable bonds is 5. The zero-order valence-electron chi connectivity index (χ0n) is 13.1. The smallest absolute Gasteiger partial charge is 0.355 e. The van der Waals surface area contributed by atoms with Crippen molar-refractivity contribution >= 4 is 15.9 Å². The summed E-state index contributed by atoms with van der Waals surface area (Å²) in [5.74, 6) is -0.405. The van der Waals surface area contributed by atoms with Gasteiger partial charge in [-0.05, 0) is 44.0 Å². The van der Waals surface area contributed by atoms with E-state index in [1.807, 2.05) is 0 Å². The third-order valence-corrected chi connectivity index (χ3v) is 5.60. The number of benzene rings is 1. The molecule has 24 heavy (non-hydrogen) atoms. The first kappa shape index (κ1) is 18.7. The van der Waals surface area contributed by atoms with E-state index in [0.29, 0.717) is 44.4 Å². The van der Waals surface area contributed by atoms with Crippen LogP contribution in [0.4, 0.5) is 13.2 Å². The van der Waals surface area contributed by atoms with E-state index in [9.17, 15) is 26.4 Å². The number of nitrogens with one attached hydrogen (secondary N) is 2. The van der Waals surface area contributed by atoms with Gasteiger partial charge in [0.15, 0.2) is 0 Å². The Labute approximate surface area is 138 Å². The summed E-state index contributed by atoms with van der Waals surface area (Å²) in [6.45, 7) is 2.09. The fourth-order valence-corrected chi connectivity index (χ4v) is 4.25. The minimum absolute atomic E-state index is 0.300. The predicted molar refractivity (Wildman–Crippen MR) is 81.6 cm³/mol. The number of hydrogen-bond acceptors (Lipinski definition) is 3. The first-order valence-corrected chi connectivity index (χ1v) is 9.08. The molecule has 0 aromatic heterocycles. The molecule has 0 radical (unpaired) electrons. The Balaban J connectivity index is 2.27. The topological polar surface area (TPSA) is 75.3 Å². The molecule has 1 aromatic carbocycles. The molecule has 1 saturated carbocycles. The summed E-state index contributed by atoms with van der Waals surface area (Å²) >= 11 is 0. The molecule has 0 bridgehead atoms. The highest BCUT2D eigenvalue weighted by molar-refractivity contribution is 7.89. The SMILES string of the molecule is CCNC(=O)C1(NS(=O)(=O)c2ccc(C(F)(F)F)cc2)CCCC1. The van der Waals surface area contributed by atoms with E-state index in [2.05, 4.69) is 10.0 Å². The van der Waals surface area contributed by atoms with Crippen LogP contribution in [0, 0.1) is 0 Å². The molecule has 0 unspecified atom stereocenters. The lowest BCUT2D eigenvalue weighted by atomic mass is 9.98. The Bertz CT molecular complexity index is 694. The molecule has 1 aliphatic carbocycles. The molecular weight excluding hydrogens is 345 g/mol. The number of halogens is 3. The molecule has 2 N–H and O–H groups in total. The van der Waals surface area contributed by atoms with Gasteiger partial charge >= 0.3 is 6.18 Å². The summed E-state index contributed by atoms with van der Waals surface area (Å²) in [4.78, 5) is 12.0. The van der Waals surface area contributed by atoms with E-state index in [-0.39, 0.29) is 4.90 Å². The van der Waals surface area contributed by atoms with Crippen molar-refractivity contribution in [3.63, 3.8) is 0 Å². The molecule has 0 aliphatic heterocycles. The van der Waals surface area contributed by atoms with Crippen LogP contribution in [0.1, 0.15) is 38.2 Å². The predicted octanol–water partition coefficient (Wildman–Crippen LogP) is 2.43. The molecule has 134 valence electrons. The molecule has 1 aliphatic rings. The third-order valence-electron chi connectivity index (χ3n) is 4.05. The van der Waals surface area contributed by atoms with Crippen LogP contribution in [0.15, 0.2) is 29.2 Å². The molecule has 1 amide bonds. The molecule has 2 rings (SSSR count). The third kappa shape index (κ3) is 3.89. The second-order valence-electron chi connectivity index (χ2n) is 5.78. The lowest BCUT2D eigenvalue weighted by molar-refractivity contribution is -0.137. The van der Waals surface area contributed by atoms with E-state index in [1.165, 1.54) is 0 Å². The van der Waals surface area contributed by atoms with Gasteiger partial charge in [-0.2, -0.15) is 17.9 Å². The van der Waals surface area contributed by atoms with Gasteiger partial charge in [0.05, 0.1) is 10.5 Å². The Morgan fingerprint density at radius 3 is 2.17 bits per heavy atom. The average molecular weight is 364 g/mol. The molecule has 0 spiro atoms. The number of carbonyl (C=O) groups excluding carboxylic acids is 1. The van der Waals surface area contributed by atoms with Crippen LogP contribution in [0.2, 0.25) is 0 Å². The van der Waals surface area contributed by atoms with Crippen LogP contribution in [-0.4, -0.2) is 26.4 Å². The number of carbonyl (C=O) groups is 1. The van der Waals surface area contributed by atoms with E-state index >= 15 is 0 Å². The molecule has 9 heteroatoms. The highest BCUT2D eigenvalue weighted by atomic mass is 32.2. The largest absolute Gasteiger partial charge is 0.416 e. The van der Waals surface area contributed by atoms with Gasteiger partial charge in [0.1, 0.15) is 5.54 Å². The van der Waals surface area contributed by atoms with E-state index in [0.717, 1.165) is 12.1 Å². The lowest BCUT2D eigenvalue weighted by Crippen LogP contribution is -2.56. The van der Waals surface area contributed by atoms with E-state index in [1.54, 1.807) is 6.92 Å². The summed E-state index contributed by atoms with van der Waals surface area (Å²) in [5, 5.41) is 2.62. The highest BCUT2D eigenvalue weighted by Crippen LogP contribution is 2.33. The summed E-state index contributed by atoms with van der Waals surface area (Å²) in [6.07, 6.45) is -2.42. The van der Waals surface area contributed by atoms with Crippen LogP contribution in [-0.2, 0) is 21.0 Å². The Hall–Kier alpha value is -1.61. The van der Waals surface area contributed by atoms with Gasteiger partial charge in [-0.15, -0.1) is 0 Å². The monoisotopic (exact) mass is 364 g/mol. The van der Waals surface area contributed by atoms with Crippen molar-refractivity contribution in [2.75, 3.05) is 6.54 Å². The van der Waals surface area contributed by atoms with Crippen LogP contribution < -0.4 is 10.0 Å². The van der Waals surface area contributed by atoms with Crippen molar-refractivity contribution in [3.05, 3.63) is 29.8 Å². The summed E-state index contributed by atoms with van der Waals surface area (Å²) in [7, 11) is -4.11. The Morgan fingerprint density at radius 2 is 1.71 bits per heavy atom. The normalized spacial score (nSPS) is 17.7. The minimum atomic E-state index is -4.54. The molecule has 1 fully saturated rings. The first-order valence-electron chi connectivity index (χ1n) is 7.60. The van der Waals surface area contributed by atoms with Crippen LogP contribution in [0.5, 0.6) is 0 Å². The van der Waals surface area contributed by atoms with Gasteiger partial charge in [-0.25, -0.2) is 8.42 Å². The second-order valence-corrected chi connectivity index (χ2v) is 7.46. The van der Waals surface area contributed by atoms with Crippen molar-refractivity contribution in [2.24, 2.45) is 0 Å². The Morgan fingerprint density at radius 1 is 1.17 bits per heavy atom. The maximum atomic E-state index is 12.6. The van der Waals surface area contributed by atoms with Gasteiger partial charge in [0.25, 0.3) is 0 Å². The van der Waals surface area contributed by atoms with Gasteiger partial charge in [-0.3, -0.25) is 4.79 Å². The fourth-order valence-electron chi connectivity index (χ4n) is 2.82. The molecule has 0 heterocycles. The van der Waals surface area contributed by atoms with Crippen molar-refractivity contribution in [1.82, 2.24) is 10.0 Å². The van der Waals surface area contributed by atoms with Crippen molar-refractivity contribution in [2.45, 2.75) is 49.2 Å². The molecular formula is C15H19F3N2O3S. The highest BCUT2D eigenvalue weighted by Gasteiger charge is 2.44. The van der Waals surface area contributed by atoms with Gasteiger partial charge in [-0.1, -0.05) is 12.8 Å². The lowest BCUT2D eigenvalue weighted by Gasteiger charge is -2.28. The maximum Gasteiger partial charge on any atom is 0.416 e. The van der Waals surface area contributed by atoms with Crippen molar-refractivity contribution in [3.8, 4) is 0 Å². The van der Waals surface area contributed by atoms with Crippen molar-refractivity contribution < 1.29 is 26.4 Å². The summed E-state index contributed by atoms with van der Waals surface area (Å²) in [5.41, 5.74) is -2.17. The summed E-state index contributed by atoms with van der Waals surface area (Å²) in [6, 6.07) is 3.21. The first-order chi connectivity index (χ1) is 11.1. The zero-order chi connectivity index (χ0) is 18.0. The van der Waals surface area contributed by atoms with Crippen LogP contribution >= 0.6 is 0 Å². The van der Waals surface area contributed by atoms with Gasteiger partial charge < -0.3 is 5.32 Å². The minimum Gasteiger partial charge on any atom is -0.355 e. The number of amides is 1. The molecule has 1 aromatic rings. The average Bonchev–Trinajstić information content (AvgIpc) is 2.96. The molecule has 0 atom stereocenters. The summed E-state index contributed by atoms with van der Waals surface area (Å²) < 4.78 is 65.1. The molecule has 0 saturated heterocycles. The zero-order valence-corrected chi connectivity index (χ0v) is 13.9. The number of sulfonamides is 1. The quantitative estimate of drug-likeness (QED) is 0.843. The number of alkyl halides is 3. The second kappa shape index (κ2) is 6.72. The fraction of sp³-hybridized carbons (Fsp3) is 0.533. The van der Waals surface area contributed by atoms with Gasteiger partial charge in [0, 0.05) is 6.54 Å². The van der Waals surface area contributed by atoms with Crippen LogP contribution in [0.25, 0.3) is 0 Å². The van der Waals surface area contributed by atoms with Crippen LogP contribution in [0.3, 0.4) is 0 Å². The van der Waals surface area contributed by atoms with Gasteiger partial charge in [0.2, 0.25) is 15.9 Å². The maximum absolute atomic E-state index is 12.6. The molecule has 5 nitrogen and oxygen atoms in total. The number of likely N-dealkylation sites (N-methyl/N-ethyl adjacent to an activating group) is 1. The van der Waals surface area contributed by atoms with Crippen molar-refractivity contribution in [1.29, 1.82) is 0 Å².